The van der Waals surface area contributed by atoms with Gasteiger partial charge in [0.05, 0.1) is 0 Å². The SMILES string of the molecule is CCCc1nc(Br)cc(N2CCCC2CCCO)n1. The average molecular weight is 328 g/mol. The zero-order valence-electron chi connectivity index (χ0n) is 11.5. The molecule has 1 aromatic rings. The van der Waals surface area contributed by atoms with Crippen molar-refractivity contribution in [3.8, 4) is 0 Å². The van der Waals surface area contributed by atoms with Crippen LogP contribution in [0.15, 0.2) is 10.7 Å². The van der Waals surface area contributed by atoms with Crippen LogP contribution < -0.4 is 4.90 Å². The highest BCUT2D eigenvalue weighted by Crippen LogP contribution is 2.28. The van der Waals surface area contributed by atoms with Gasteiger partial charge in [0.15, 0.2) is 0 Å². The van der Waals surface area contributed by atoms with Crippen LogP contribution in [0, 0.1) is 0 Å². The van der Waals surface area contributed by atoms with E-state index in [4.69, 9.17) is 5.11 Å². The van der Waals surface area contributed by atoms with Crippen LogP contribution in [-0.2, 0) is 6.42 Å². The molecular weight excluding hydrogens is 306 g/mol. The summed E-state index contributed by atoms with van der Waals surface area (Å²) in [6, 6.07) is 2.53. The number of aliphatic hydroxyl groups is 1. The Balaban J connectivity index is 2.15. The van der Waals surface area contributed by atoms with Crippen LogP contribution in [0.5, 0.6) is 0 Å². The predicted molar refractivity (Wildman–Crippen MR) is 80.4 cm³/mol. The summed E-state index contributed by atoms with van der Waals surface area (Å²) in [6.07, 6.45) is 6.30. The van der Waals surface area contributed by atoms with Gasteiger partial charge in [-0.25, -0.2) is 9.97 Å². The predicted octanol–water partition coefficient (Wildman–Crippen LogP) is 2.93. The van der Waals surface area contributed by atoms with E-state index in [2.05, 4.69) is 37.7 Å². The molecule has 1 saturated heterocycles. The Hall–Kier alpha value is -0.680. The zero-order valence-corrected chi connectivity index (χ0v) is 13.1. The van der Waals surface area contributed by atoms with Gasteiger partial charge in [0.2, 0.25) is 0 Å². The Labute approximate surface area is 123 Å². The van der Waals surface area contributed by atoms with Gasteiger partial charge in [-0.15, -0.1) is 0 Å². The third kappa shape index (κ3) is 3.89. The van der Waals surface area contributed by atoms with Crippen molar-refractivity contribution in [2.45, 2.75) is 51.5 Å². The van der Waals surface area contributed by atoms with E-state index in [1.165, 1.54) is 12.8 Å². The van der Waals surface area contributed by atoms with Crippen molar-refractivity contribution in [3.63, 3.8) is 0 Å². The Kier molecular flexibility index (Phi) is 5.58. The zero-order chi connectivity index (χ0) is 13.7. The van der Waals surface area contributed by atoms with E-state index < -0.39 is 0 Å². The Bertz CT molecular complexity index is 414. The summed E-state index contributed by atoms with van der Waals surface area (Å²) >= 11 is 3.48. The van der Waals surface area contributed by atoms with Gasteiger partial charge in [0, 0.05) is 31.7 Å². The summed E-state index contributed by atoms with van der Waals surface area (Å²) in [6.45, 7) is 3.48. The van der Waals surface area contributed by atoms with Gasteiger partial charge in [-0.3, -0.25) is 0 Å². The summed E-state index contributed by atoms with van der Waals surface area (Å²) in [5, 5.41) is 8.99. The molecule has 1 N–H and O–H groups in total. The van der Waals surface area contributed by atoms with Gasteiger partial charge in [-0.2, -0.15) is 0 Å². The maximum absolute atomic E-state index is 8.99. The largest absolute Gasteiger partial charge is 0.396 e. The molecule has 0 aliphatic carbocycles. The third-order valence-corrected chi connectivity index (χ3v) is 3.97. The number of rotatable bonds is 6. The molecule has 0 spiro atoms. The number of aromatic nitrogens is 2. The van der Waals surface area contributed by atoms with E-state index in [0.29, 0.717) is 6.04 Å². The molecule has 1 aliphatic heterocycles. The molecule has 1 aromatic heterocycles. The lowest BCUT2D eigenvalue weighted by Gasteiger charge is -2.26. The van der Waals surface area contributed by atoms with Crippen LogP contribution in [0.2, 0.25) is 0 Å². The Morgan fingerprint density at radius 3 is 3.05 bits per heavy atom. The first-order valence-corrected chi connectivity index (χ1v) is 7.95. The van der Waals surface area contributed by atoms with Gasteiger partial charge in [0.1, 0.15) is 16.2 Å². The summed E-state index contributed by atoms with van der Waals surface area (Å²) in [5.41, 5.74) is 0. The lowest BCUT2D eigenvalue weighted by atomic mass is 10.1. The molecule has 2 rings (SSSR count). The van der Waals surface area contributed by atoms with Crippen LogP contribution in [0.1, 0.15) is 44.9 Å². The van der Waals surface area contributed by atoms with E-state index in [-0.39, 0.29) is 6.61 Å². The normalized spacial score (nSPS) is 19.1. The van der Waals surface area contributed by atoms with E-state index in [1.54, 1.807) is 0 Å². The van der Waals surface area contributed by atoms with E-state index >= 15 is 0 Å². The van der Waals surface area contributed by atoms with Crippen molar-refractivity contribution in [2.24, 2.45) is 0 Å². The van der Waals surface area contributed by atoms with Gasteiger partial charge in [-0.05, 0) is 48.0 Å². The lowest BCUT2D eigenvalue weighted by molar-refractivity contribution is 0.279. The molecule has 1 atom stereocenters. The lowest BCUT2D eigenvalue weighted by Crippen LogP contribution is -2.30. The molecule has 1 fully saturated rings. The van der Waals surface area contributed by atoms with Crippen LogP contribution in [0.4, 0.5) is 5.82 Å². The quantitative estimate of drug-likeness (QED) is 0.816. The van der Waals surface area contributed by atoms with Crippen LogP contribution in [0.25, 0.3) is 0 Å². The van der Waals surface area contributed by atoms with Crippen molar-refractivity contribution >= 4 is 21.7 Å². The second kappa shape index (κ2) is 7.20. The minimum Gasteiger partial charge on any atom is -0.396 e. The van der Waals surface area contributed by atoms with Crippen molar-refractivity contribution in [1.82, 2.24) is 9.97 Å². The number of nitrogens with zero attached hydrogens (tertiary/aromatic N) is 3. The third-order valence-electron chi connectivity index (χ3n) is 3.57. The average Bonchev–Trinajstić information content (AvgIpc) is 2.84. The molecule has 0 saturated carbocycles. The number of aliphatic hydroxyl groups excluding tert-OH is 1. The highest BCUT2D eigenvalue weighted by Gasteiger charge is 2.25. The molecule has 0 amide bonds. The van der Waals surface area contributed by atoms with Crippen LogP contribution in [-0.4, -0.2) is 34.3 Å². The van der Waals surface area contributed by atoms with Crippen LogP contribution in [0.3, 0.4) is 0 Å². The number of halogens is 1. The molecular formula is C14H22BrN3O. The highest BCUT2D eigenvalue weighted by molar-refractivity contribution is 9.10. The minimum atomic E-state index is 0.277. The first kappa shape index (κ1) is 14.7. The fourth-order valence-electron chi connectivity index (χ4n) is 2.70. The summed E-state index contributed by atoms with van der Waals surface area (Å²) in [5.74, 6) is 1.95. The van der Waals surface area contributed by atoms with Crippen molar-refractivity contribution in [2.75, 3.05) is 18.1 Å². The van der Waals surface area contributed by atoms with Crippen molar-refractivity contribution < 1.29 is 5.11 Å². The second-order valence-electron chi connectivity index (χ2n) is 5.07. The molecule has 0 aromatic carbocycles. The fraction of sp³-hybridized carbons (Fsp3) is 0.714. The Morgan fingerprint density at radius 1 is 1.47 bits per heavy atom. The maximum atomic E-state index is 8.99. The fourth-order valence-corrected chi connectivity index (χ4v) is 3.11. The van der Waals surface area contributed by atoms with Gasteiger partial charge >= 0.3 is 0 Å². The molecule has 2 heterocycles. The molecule has 5 heteroatoms. The molecule has 106 valence electrons. The summed E-state index contributed by atoms with van der Waals surface area (Å²) in [4.78, 5) is 11.5. The molecule has 19 heavy (non-hydrogen) atoms. The summed E-state index contributed by atoms with van der Waals surface area (Å²) in [7, 11) is 0. The number of hydrogen-bond acceptors (Lipinski definition) is 4. The van der Waals surface area contributed by atoms with Gasteiger partial charge in [-0.1, -0.05) is 6.92 Å². The Morgan fingerprint density at radius 2 is 2.32 bits per heavy atom. The first-order chi connectivity index (χ1) is 9.24. The monoisotopic (exact) mass is 327 g/mol. The number of aryl methyl sites for hydroxylation is 1. The molecule has 4 nitrogen and oxygen atoms in total. The topological polar surface area (TPSA) is 49.2 Å². The molecule has 0 radical (unpaired) electrons. The van der Waals surface area contributed by atoms with Crippen molar-refractivity contribution in [3.05, 3.63) is 16.5 Å². The molecule has 0 bridgehead atoms. The standard InChI is InChI=1S/C14H22BrN3O/c1-2-5-13-16-12(15)10-14(17-13)18-8-3-6-11(18)7-4-9-19/h10-11,19H,2-9H2,1H3. The highest BCUT2D eigenvalue weighted by atomic mass is 79.9. The maximum Gasteiger partial charge on any atom is 0.133 e. The smallest absolute Gasteiger partial charge is 0.133 e. The summed E-state index contributed by atoms with van der Waals surface area (Å²) < 4.78 is 0.869. The van der Waals surface area contributed by atoms with E-state index in [0.717, 1.165) is 48.5 Å². The molecule has 1 aliphatic rings. The van der Waals surface area contributed by atoms with Gasteiger partial charge < -0.3 is 10.0 Å². The number of anilines is 1. The number of hydrogen-bond donors (Lipinski definition) is 1. The van der Waals surface area contributed by atoms with Crippen molar-refractivity contribution in [1.29, 1.82) is 0 Å². The van der Waals surface area contributed by atoms with E-state index in [9.17, 15) is 0 Å². The second-order valence-corrected chi connectivity index (χ2v) is 5.88. The minimum absolute atomic E-state index is 0.277. The first-order valence-electron chi connectivity index (χ1n) is 7.15. The van der Waals surface area contributed by atoms with Gasteiger partial charge in [0.25, 0.3) is 0 Å². The van der Waals surface area contributed by atoms with E-state index in [1.807, 2.05) is 6.07 Å². The molecule has 1 unspecified atom stereocenters. The van der Waals surface area contributed by atoms with Crippen LogP contribution >= 0.6 is 15.9 Å².